The van der Waals surface area contributed by atoms with Crippen molar-refractivity contribution in [1.82, 2.24) is 5.32 Å². The van der Waals surface area contributed by atoms with Crippen molar-refractivity contribution in [2.45, 2.75) is 44.7 Å². The smallest absolute Gasteiger partial charge is 0.162 e. The second-order valence-electron chi connectivity index (χ2n) is 6.09. The molecule has 0 unspecified atom stereocenters. The number of ether oxygens (including phenoxy) is 1. The average molecular weight is 314 g/mol. The van der Waals surface area contributed by atoms with E-state index in [4.69, 9.17) is 16.3 Å². The lowest BCUT2D eigenvalue weighted by molar-refractivity contribution is 0.104. The Bertz CT molecular complexity index is 485. The summed E-state index contributed by atoms with van der Waals surface area (Å²) < 4.78 is 5.11. The Kier molecular flexibility index (Phi) is 5.36. The van der Waals surface area contributed by atoms with Crippen LogP contribution in [0.4, 0.5) is 0 Å². The predicted molar refractivity (Wildman–Crippen MR) is 84.0 cm³/mol. The van der Waals surface area contributed by atoms with E-state index < -0.39 is 0 Å². The molecule has 21 heavy (non-hydrogen) atoms. The molecule has 0 aliphatic heterocycles. The minimum absolute atomic E-state index is 0.103. The van der Waals surface area contributed by atoms with E-state index in [2.05, 4.69) is 12.2 Å². The fraction of sp³-hybridized carbons (Fsp3) is 0.625. The van der Waals surface area contributed by atoms with Gasteiger partial charge in [-0.05, 0) is 37.7 Å². The van der Waals surface area contributed by atoms with Crippen LogP contribution in [-0.4, -0.2) is 29.5 Å². The van der Waals surface area contributed by atoms with Crippen LogP contribution in [0, 0.1) is 5.92 Å². The quantitative estimate of drug-likeness (QED) is 0.782. The van der Waals surface area contributed by atoms with Crippen molar-refractivity contribution >= 4 is 11.6 Å². The highest BCUT2D eigenvalue weighted by molar-refractivity contribution is 6.30. The molecule has 3 N–H and O–H groups in total. The number of aliphatic hydroxyl groups is 1. The van der Waals surface area contributed by atoms with Gasteiger partial charge in [-0.2, -0.15) is 0 Å². The highest BCUT2D eigenvalue weighted by Crippen LogP contribution is 2.35. The number of nitrogens with one attached hydrogen (secondary N) is 1. The summed E-state index contributed by atoms with van der Waals surface area (Å²) in [5, 5.41) is 23.9. The Morgan fingerprint density at radius 1 is 1.38 bits per heavy atom. The largest absolute Gasteiger partial charge is 0.504 e. The molecule has 0 saturated heterocycles. The van der Waals surface area contributed by atoms with Crippen LogP contribution in [0.1, 0.15) is 38.2 Å². The SMILES string of the molecule is COc1cc(Cl)cc(CNC2(CO)CCC(C)CC2)c1O. The van der Waals surface area contributed by atoms with Gasteiger partial charge in [0.05, 0.1) is 13.7 Å². The molecule has 118 valence electrons. The molecule has 1 saturated carbocycles. The van der Waals surface area contributed by atoms with Crippen LogP contribution in [-0.2, 0) is 6.54 Å². The molecule has 1 aliphatic rings. The molecule has 0 spiro atoms. The van der Waals surface area contributed by atoms with Gasteiger partial charge in [-0.1, -0.05) is 18.5 Å². The standard InChI is InChI=1S/C16H24ClNO3/c1-11-3-5-16(10-19,6-4-11)18-9-12-7-13(17)8-14(21-2)15(12)20/h7-8,11,18-20H,3-6,9-10H2,1-2H3. The third kappa shape index (κ3) is 3.82. The molecular weight excluding hydrogens is 290 g/mol. The first-order valence-corrected chi connectivity index (χ1v) is 7.79. The number of phenols is 1. The summed E-state index contributed by atoms with van der Waals surface area (Å²) >= 11 is 6.04. The highest BCUT2D eigenvalue weighted by atomic mass is 35.5. The van der Waals surface area contributed by atoms with Gasteiger partial charge in [0.1, 0.15) is 0 Å². The van der Waals surface area contributed by atoms with Crippen LogP contribution in [0.5, 0.6) is 11.5 Å². The maximum Gasteiger partial charge on any atom is 0.162 e. The summed E-state index contributed by atoms with van der Waals surface area (Å²) in [6.45, 7) is 2.81. The maximum absolute atomic E-state index is 10.2. The van der Waals surface area contributed by atoms with Crippen LogP contribution in [0.15, 0.2) is 12.1 Å². The molecule has 1 fully saturated rings. The van der Waals surface area contributed by atoms with E-state index in [0.29, 0.717) is 28.8 Å². The van der Waals surface area contributed by atoms with Crippen LogP contribution in [0.25, 0.3) is 0 Å². The van der Waals surface area contributed by atoms with Crippen molar-refractivity contribution in [3.63, 3.8) is 0 Å². The predicted octanol–water partition coefficient (Wildman–Crippen LogP) is 3.09. The van der Waals surface area contributed by atoms with Crippen molar-refractivity contribution in [1.29, 1.82) is 0 Å². The maximum atomic E-state index is 10.2. The van der Waals surface area contributed by atoms with Gasteiger partial charge in [0.2, 0.25) is 0 Å². The lowest BCUT2D eigenvalue weighted by Crippen LogP contribution is -2.50. The number of rotatable bonds is 5. The third-order valence-electron chi connectivity index (χ3n) is 4.53. The van der Waals surface area contributed by atoms with Gasteiger partial charge < -0.3 is 20.3 Å². The summed E-state index contributed by atoms with van der Waals surface area (Å²) in [6.07, 6.45) is 4.11. The van der Waals surface area contributed by atoms with E-state index in [1.165, 1.54) is 7.11 Å². The van der Waals surface area contributed by atoms with E-state index in [-0.39, 0.29) is 17.9 Å². The summed E-state index contributed by atoms with van der Waals surface area (Å²) in [6, 6.07) is 3.31. The third-order valence-corrected chi connectivity index (χ3v) is 4.74. The number of halogens is 1. The average Bonchev–Trinajstić information content (AvgIpc) is 2.50. The molecule has 1 aromatic rings. The molecule has 0 heterocycles. The zero-order valence-electron chi connectivity index (χ0n) is 12.7. The number of hydrogen-bond acceptors (Lipinski definition) is 4. The lowest BCUT2D eigenvalue weighted by Gasteiger charge is -2.39. The van der Waals surface area contributed by atoms with E-state index in [0.717, 1.165) is 25.7 Å². The fourth-order valence-electron chi connectivity index (χ4n) is 2.91. The Morgan fingerprint density at radius 3 is 2.62 bits per heavy atom. The van der Waals surface area contributed by atoms with E-state index in [1.54, 1.807) is 12.1 Å². The summed E-state index contributed by atoms with van der Waals surface area (Å²) in [7, 11) is 1.50. The first-order chi connectivity index (χ1) is 9.99. The van der Waals surface area contributed by atoms with E-state index >= 15 is 0 Å². The number of phenolic OH excluding ortho intramolecular Hbond substituents is 1. The Balaban J connectivity index is 2.10. The second kappa shape index (κ2) is 6.86. The molecule has 0 aromatic heterocycles. The Hall–Kier alpha value is -0.970. The normalized spacial score (nSPS) is 25.8. The van der Waals surface area contributed by atoms with Gasteiger partial charge >= 0.3 is 0 Å². The molecule has 4 nitrogen and oxygen atoms in total. The molecule has 0 amide bonds. The summed E-state index contributed by atoms with van der Waals surface area (Å²) in [4.78, 5) is 0. The van der Waals surface area contributed by atoms with Gasteiger partial charge in [-0.25, -0.2) is 0 Å². The molecule has 0 radical (unpaired) electrons. The fourth-order valence-corrected chi connectivity index (χ4v) is 3.14. The van der Waals surface area contributed by atoms with Crippen molar-refractivity contribution in [2.75, 3.05) is 13.7 Å². The topological polar surface area (TPSA) is 61.7 Å². The number of aliphatic hydroxyl groups excluding tert-OH is 1. The van der Waals surface area contributed by atoms with Crippen molar-refractivity contribution in [2.24, 2.45) is 5.92 Å². The van der Waals surface area contributed by atoms with Gasteiger partial charge in [0.15, 0.2) is 11.5 Å². The van der Waals surface area contributed by atoms with E-state index in [9.17, 15) is 10.2 Å². The molecule has 2 rings (SSSR count). The molecular formula is C16H24ClNO3. The van der Waals surface area contributed by atoms with Crippen molar-refractivity contribution in [3.8, 4) is 11.5 Å². The van der Waals surface area contributed by atoms with Gasteiger partial charge in [-0.3, -0.25) is 0 Å². The lowest BCUT2D eigenvalue weighted by atomic mass is 9.77. The Morgan fingerprint density at radius 2 is 2.05 bits per heavy atom. The van der Waals surface area contributed by atoms with E-state index in [1.807, 2.05) is 0 Å². The van der Waals surface area contributed by atoms with Gasteiger partial charge in [0, 0.05) is 28.7 Å². The monoisotopic (exact) mass is 313 g/mol. The van der Waals surface area contributed by atoms with Gasteiger partial charge in [-0.15, -0.1) is 0 Å². The number of methoxy groups -OCH3 is 1. The second-order valence-corrected chi connectivity index (χ2v) is 6.53. The minimum atomic E-state index is -0.255. The van der Waals surface area contributed by atoms with Crippen LogP contribution >= 0.6 is 11.6 Å². The molecule has 5 heteroatoms. The zero-order chi connectivity index (χ0) is 15.5. The molecule has 0 bridgehead atoms. The van der Waals surface area contributed by atoms with Crippen LogP contribution in [0.2, 0.25) is 5.02 Å². The first kappa shape index (κ1) is 16.4. The summed E-state index contributed by atoms with van der Waals surface area (Å²) in [5.41, 5.74) is 0.430. The molecule has 1 aliphatic carbocycles. The van der Waals surface area contributed by atoms with Crippen molar-refractivity contribution < 1.29 is 14.9 Å². The van der Waals surface area contributed by atoms with Gasteiger partial charge in [0.25, 0.3) is 0 Å². The number of aromatic hydroxyl groups is 1. The Labute approximate surface area is 131 Å². The molecule has 0 atom stereocenters. The first-order valence-electron chi connectivity index (χ1n) is 7.41. The number of benzene rings is 1. The molecule has 1 aromatic carbocycles. The highest BCUT2D eigenvalue weighted by Gasteiger charge is 2.33. The minimum Gasteiger partial charge on any atom is -0.504 e. The van der Waals surface area contributed by atoms with Crippen molar-refractivity contribution in [3.05, 3.63) is 22.7 Å². The zero-order valence-corrected chi connectivity index (χ0v) is 13.4. The summed E-state index contributed by atoms with van der Waals surface area (Å²) in [5.74, 6) is 1.19. The van der Waals surface area contributed by atoms with Crippen LogP contribution in [0.3, 0.4) is 0 Å². The van der Waals surface area contributed by atoms with Crippen LogP contribution < -0.4 is 10.1 Å². The number of hydrogen-bond donors (Lipinski definition) is 3.